The average Bonchev–Trinajstić information content (AvgIpc) is 2.71. The van der Waals surface area contributed by atoms with Crippen molar-refractivity contribution in [2.45, 2.75) is 34.6 Å². The van der Waals surface area contributed by atoms with E-state index in [-0.39, 0.29) is 5.78 Å². The molecule has 0 aromatic heterocycles. The van der Waals surface area contributed by atoms with Crippen LogP contribution in [-0.4, -0.2) is 26.3 Å². The molecule has 0 amide bonds. The van der Waals surface area contributed by atoms with Gasteiger partial charge in [0.1, 0.15) is 11.5 Å². The van der Waals surface area contributed by atoms with Crippen LogP contribution in [0, 0.1) is 0 Å². The molecule has 0 unspecified atom stereocenters. The molecule has 2 aromatic carbocycles. The number of aldehydes is 1. The van der Waals surface area contributed by atoms with E-state index in [0.29, 0.717) is 34.0 Å². The highest BCUT2D eigenvalue weighted by Gasteiger charge is 2.04. The van der Waals surface area contributed by atoms with E-state index in [1.165, 1.54) is 6.92 Å². The van der Waals surface area contributed by atoms with Crippen molar-refractivity contribution in [1.82, 2.24) is 0 Å². The van der Waals surface area contributed by atoms with Crippen molar-refractivity contribution in [3.8, 4) is 11.5 Å². The van der Waals surface area contributed by atoms with Crippen LogP contribution >= 0.6 is 0 Å². The van der Waals surface area contributed by atoms with Crippen LogP contribution in [0.5, 0.6) is 11.5 Å². The van der Waals surface area contributed by atoms with Gasteiger partial charge < -0.3 is 20.9 Å². The first-order valence-electron chi connectivity index (χ1n) is 8.76. The highest BCUT2D eigenvalue weighted by atomic mass is 16.5. The number of ether oxygens (including phenoxy) is 2. The second kappa shape index (κ2) is 15.3. The van der Waals surface area contributed by atoms with Gasteiger partial charge in [-0.3, -0.25) is 9.59 Å². The molecule has 0 spiro atoms. The van der Waals surface area contributed by atoms with Gasteiger partial charge in [-0.2, -0.15) is 0 Å². The minimum atomic E-state index is -0.0323. The van der Waals surface area contributed by atoms with E-state index >= 15 is 0 Å². The largest absolute Gasteiger partial charge is 0.497 e. The summed E-state index contributed by atoms with van der Waals surface area (Å²) in [5.74, 6) is 1.29. The normalized spacial score (nSPS) is 8.41. The number of nitrogens with two attached hydrogens (primary N) is 2. The van der Waals surface area contributed by atoms with Crippen molar-refractivity contribution < 1.29 is 19.1 Å². The first-order valence-corrected chi connectivity index (χ1v) is 8.76. The third-order valence-electron chi connectivity index (χ3n) is 3.06. The summed E-state index contributed by atoms with van der Waals surface area (Å²) in [5.41, 5.74) is 13.0. The predicted molar refractivity (Wildman–Crippen MR) is 113 cm³/mol. The number of carbonyl (C=O) groups excluding carboxylic acids is 2. The molecule has 0 saturated heterocycles. The molecule has 0 aliphatic carbocycles. The number of rotatable bonds is 4. The van der Waals surface area contributed by atoms with Gasteiger partial charge in [-0.1, -0.05) is 27.7 Å². The van der Waals surface area contributed by atoms with Gasteiger partial charge in [0.05, 0.1) is 14.2 Å². The summed E-state index contributed by atoms with van der Waals surface area (Å²) in [4.78, 5) is 21.3. The molecule has 150 valence electrons. The molecule has 0 aliphatic rings. The van der Waals surface area contributed by atoms with E-state index in [9.17, 15) is 9.59 Å². The lowest BCUT2D eigenvalue weighted by Gasteiger charge is -2.03. The zero-order valence-corrected chi connectivity index (χ0v) is 17.3. The average molecular weight is 376 g/mol. The molecule has 0 fully saturated rings. The lowest BCUT2D eigenvalue weighted by atomic mass is 10.1. The monoisotopic (exact) mass is 376 g/mol. The number of ketones is 1. The molecule has 0 atom stereocenters. The number of methoxy groups -OCH3 is 2. The third-order valence-corrected chi connectivity index (χ3v) is 3.06. The molecular formula is C21H32N2O4. The van der Waals surface area contributed by atoms with Gasteiger partial charge in [0.2, 0.25) is 0 Å². The first kappa shape index (κ1) is 26.2. The van der Waals surface area contributed by atoms with Crippen LogP contribution in [0.25, 0.3) is 0 Å². The zero-order chi connectivity index (χ0) is 21.4. The molecule has 0 aliphatic heterocycles. The maximum Gasteiger partial charge on any atom is 0.161 e. The Morgan fingerprint density at radius 1 is 0.852 bits per heavy atom. The van der Waals surface area contributed by atoms with Crippen molar-refractivity contribution in [3.05, 3.63) is 47.5 Å². The Labute approximate surface area is 162 Å². The fourth-order valence-electron chi connectivity index (χ4n) is 1.78. The summed E-state index contributed by atoms with van der Waals surface area (Å²) < 4.78 is 9.84. The summed E-state index contributed by atoms with van der Waals surface area (Å²) in [6, 6.07) is 9.95. The van der Waals surface area contributed by atoms with Gasteiger partial charge in [0, 0.05) is 34.6 Å². The molecule has 0 heterocycles. The van der Waals surface area contributed by atoms with E-state index in [0.717, 1.165) is 6.29 Å². The predicted octanol–water partition coefficient (Wildman–Crippen LogP) is 4.62. The number of Topliss-reactive ketones (excluding diaryl/α,β-unsaturated/α-hetero) is 1. The van der Waals surface area contributed by atoms with E-state index in [1.807, 2.05) is 27.7 Å². The van der Waals surface area contributed by atoms with Gasteiger partial charge in [0.15, 0.2) is 12.1 Å². The van der Waals surface area contributed by atoms with Crippen molar-refractivity contribution >= 4 is 23.4 Å². The Kier molecular flexibility index (Phi) is 14.8. The van der Waals surface area contributed by atoms with Crippen molar-refractivity contribution in [3.63, 3.8) is 0 Å². The van der Waals surface area contributed by atoms with Crippen LogP contribution < -0.4 is 20.9 Å². The quantitative estimate of drug-likeness (QED) is 0.458. The molecule has 27 heavy (non-hydrogen) atoms. The summed E-state index contributed by atoms with van der Waals surface area (Å²) in [5, 5.41) is 0. The minimum absolute atomic E-state index is 0.0323. The van der Waals surface area contributed by atoms with Crippen LogP contribution in [0.15, 0.2) is 36.4 Å². The molecule has 2 rings (SSSR count). The Morgan fingerprint density at radius 3 is 1.63 bits per heavy atom. The van der Waals surface area contributed by atoms with Gasteiger partial charge in [-0.15, -0.1) is 0 Å². The van der Waals surface area contributed by atoms with Gasteiger partial charge >= 0.3 is 0 Å². The lowest BCUT2D eigenvalue weighted by molar-refractivity contribution is 0.101. The number of carbonyl (C=O) groups is 2. The van der Waals surface area contributed by atoms with Crippen molar-refractivity contribution in [1.29, 1.82) is 0 Å². The van der Waals surface area contributed by atoms with E-state index in [1.54, 1.807) is 50.6 Å². The summed E-state index contributed by atoms with van der Waals surface area (Å²) >= 11 is 0. The minimum Gasteiger partial charge on any atom is -0.497 e. The molecule has 0 bridgehead atoms. The lowest BCUT2D eigenvalue weighted by Crippen LogP contribution is -1.99. The van der Waals surface area contributed by atoms with Crippen LogP contribution in [0.4, 0.5) is 11.4 Å². The Bertz CT molecular complexity index is 701. The zero-order valence-electron chi connectivity index (χ0n) is 17.3. The highest BCUT2D eigenvalue weighted by Crippen LogP contribution is 2.19. The topological polar surface area (TPSA) is 105 Å². The number of benzene rings is 2. The van der Waals surface area contributed by atoms with Crippen LogP contribution in [0.2, 0.25) is 0 Å². The fraction of sp³-hybridized carbons (Fsp3) is 0.333. The van der Waals surface area contributed by atoms with Gasteiger partial charge in [-0.25, -0.2) is 0 Å². The number of nitrogen functional groups attached to an aromatic ring is 2. The standard InChI is InChI=1S/C9H11NO2.C8H9NO2.2C2H6/c1-6(11)8-4-3-7(12-2)5-9(8)10;1-11-7-3-2-6(5-10)8(9)4-7;2*1-2/h3-5H,10H2,1-2H3;2-5H,9H2,1H3;2*1-2H3. The SMILES string of the molecule is CC.CC.COc1ccc(C(C)=O)c(N)c1.COc1ccc(C=O)c(N)c1. The molecule has 2 aromatic rings. The van der Waals surface area contributed by atoms with Crippen molar-refractivity contribution in [2.24, 2.45) is 0 Å². The Balaban J connectivity index is 0. The third kappa shape index (κ3) is 9.30. The summed E-state index contributed by atoms with van der Waals surface area (Å²) in [7, 11) is 3.11. The van der Waals surface area contributed by atoms with E-state index in [2.05, 4.69) is 0 Å². The molecule has 4 N–H and O–H groups in total. The second-order valence-corrected chi connectivity index (χ2v) is 4.62. The molecule has 0 saturated carbocycles. The first-order chi connectivity index (χ1) is 12.9. The number of hydrogen-bond donors (Lipinski definition) is 2. The summed E-state index contributed by atoms with van der Waals surface area (Å²) in [6.45, 7) is 9.48. The molecule has 6 nitrogen and oxygen atoms in total. The van der Waals surface area contributed by atoms with Gasteiger partial charge in [-0.05, 0) is 31.2 Å². The van der Waals surface area contributed by atoms with E-state index in [4.69, 9.17) is 20.9 Å². The fourth-order valence-corrected chi connectivity index (χ4v) is 1.78. The van der Waals surface area contributed by atoms with Crippen LogP contribution in [0.1, 0.15) is 55.3 Å². The van der Waals surface area contributed by atoms with Crippen LogP contribution in [-0.2, 0) is 0 Å². The number of anilines is 2. The Morgan fingerprint density at radius 2 is 1.30 bits per heavy atom. The molecule has 6 heteroatoms. The summed E-state index contributed by atoms with van der Waals surface area (Å²) in [6.07, 6.45) is 0.717. The van der Waals surface area contributed by atoms with Crippen molar-refractivity contribution in [2.75, 3.05) is 25.7 Å². The maximum absolute atomic E-state index is 10.9. The highest BCUT2D eigenvalue weighted by molar-refractivity contribution is 5.99. The smallest absolute Gasteiger partial charge is 0.161 e. The Hall–Kier alpha value is -3.02. The number of hydrogen-bond acceptors (Lipinski definition) is 6. The molecule has 0 radical (unpaired) electrons. The molecular weight excluding hydrogens is 344 g/mol. The second-order valence-electron chi connectivity index (χ2n) is 4.62. The van der Waals surface area contributed by atoms with Crippen LogP contribution in [0.3, 0.4) is 0 Å². The maximum atomic E-state index is 10.9. The van der Waals surface area contributed by atoms with E-state index < -0.39 is 0 Å². The van der Waals surface area contributed by atoms with Gasteiger partial charge in [0.25, 0.3) is 0 Å².